The predicted octanol–water partition coefficient (Wildman–Crippen LogP) is 4.68. The van der Waals surface area contributed by atoms with Gasteiger partial charge in [-0.05, 0) is 12.1 Å². The molecule has 1 aromatic carbocycles. The van der Waals surface area contributed by atoms with E-state index in [9.17, 15) is 40.3 Å². The molecule has 0 spiro atoms. The fourth-order valence-electron chi connectivity index (χ4n) is 2.83. The number of hydrogen-bond donors (Lipinski definition) is 0. The molecule has 1 heterocycles. The lowest BCUT2D eigenvalue weighted by Crippen LogP contribution is -2.50. The van der Waals surface area contributed by atoms with Gasteiger partial charge in [0.2, 0.25) is 0 Å². The summed E-state index contributed by atoms with van der Waals surface area (Å²) in [4.78, 5) is 25.0. The first-order chi connectivity index (χ1) is 14.6. The molecule has 0 unspecified atom stereocenters. The molecule has 0 aromatic heterocycles. The number of hydrogen-bond acceptors (Lipinski definition) is 6. The Labute approximate surface area is 185 Å². The smallest absolute Gasteiger partial charge is 0.435 e. The second kappa shape index (κ2) is 8.94. The normalized spacial score (nSPS) is 15.7. The van der Waals surface area contributed by atoms with Crippen LogP contribution in [-0.4, -0.2) is 51.8 Å². The number of carbonyl (C=O) groups excluding carboxylic acids is 2. The number of anilines is 1. The van der Waals surface area contributed by atoms with Gasteiger partial charge in [0.15, 0.2) is 0 Å². The van der Waals surface area contributed by atoms with Gasteiger partial charge in [0.05, 0.1) is 42.1 Å². The summed E-state index contributed by atoms with van der Waals surface area (Å²) in [5.74, 6) is -2.19. The summed E-state index contributed by atoms with van der Waals surface area (Å²) in [6.45, 7) is -1.01. The summed E-state index contributed by atoms with van der Waals surface area (Å²) in [6, 6.07) is 0.121. The van der Waals surface area contributed by atoms with Gasteiger partial charge in [0.25, 0.3) is 0 Å². The molecule has 0 fully saturated rings. The van der Waals surface area contributed by atoms with E-state index in [1.165, 1.54) is 0 Å². The molecule has 0 N–H and O–H groups in total. The highest BCUT2D eigenvalue weighted by molar-refractivity contribution is 6.39. The van der Waals surface area contributed by atoms with Gasteiger partial charge in [-0.3, -0.25) is 0 Å². The van der Waals surface area contributed by atoms with Crippen molar-refractivity contribution in [2.45, 2.75) is 18.0 Å². The van der Waals surface area contributed by atoms with Crippen LogP contribution >= 0.6 is 23.2 Å². The van der Waals surface area contributed by atoms with Crippen LogP contribution in [-0.2, 0) is 29.5 Å². The zero-order valence-corrected chi connectivity index (χ0v) is 17.5. The van der Waals surface area contributed by atoms with Gasteiger partial charge in [0.1, 0.15) is 12.4 Å². The topological polar surface area (TPSA) is 65.1 Å². The number of rotatable bonds is 4. The molecular weight excluding hydrogens is 502 g/mol. The minimum absolute atomic E-state index is 0.0606. The number of carbonyl (C=O) groups is 2. The highest BCUT2D eigenvalue weighted by atomic mass is 35.5. The van der Waals surface area contributed by atoms with Crippen LogP contribution in [0.25, 0.3) is 0 Å². The number of esters is 2. The van der Waals surface area contributed by atoms with Crippen LogP contribution in [0, 0.1) is 0 Å². The molecular formula is C17H12Cl2F7NO5. The average Bonchev–Trinajstić information content (AvgIpc) is 2.69. The molecule has 1 aliphatic heterocycles. The second-order valence-corrected chi connectivity index (χ2v) is 6.97. The van der Waals surface area contributed by atoms with Crippen LogP contribution in [0.2, 0.25) is 10.0 Å². The number of nitrogens with zero attached hydrogens (tertiary/aromatic N) is 1. The summed E-state index contributed by atoms with van der Waals surface area (Å²) in [5, 5.41) is -1.81. The molecule has 0 amide bonds. The average molecular weight is 514 g/mol. The summed E-state index contributed by atoms with van der Waals surface area (Å²) >= 11 is 11.7. The molecule has 2 rings (SSSR count). The Morgan fingerprint density at radius 1 is 0.938 bits per heavy atom. The fraction of sp³-hybridized carbons (Fsp3) is 0.412. The molecule has 0 saturated carbocycles. The monoisotopic (exact) mass is 513 g/mol. The van der Waals surface area contributed by atoms with E-state index >= 15 is 0 Å². The van der Waals surface area contributed by atoms with E-state index in [0.29, 0.717) is 0 Å². The Morgan fingerprint density at radius 2 is 1.41 bits per heavy atom. The highest BCUT2D eigenvalue weighted by Crippen LogP contribution is 2.55. The van der Waals surface area contributed by atoms with Gasteiger partial charge in [-0.1, -0.05) is 23.2 Å². The van der Waals surface area contributed by atoms with Gasteiger partial charge >= 0.3 is 30.0 Å². The van der Waals surface area contributed by atoms with Crippen molar-refractivity contribution < 1.29 is 54.5 Å². The van der Waals surface area contributed by atoms with E-state index in [2.05, 4.69) is 9.47 Å². The molecule has 0 atom stereocenters. The zero-order chi connectivity index (χ0) is 24.6. The molecule has 0 bridgehead atoms. The maximum absolute atomic E-state index is 14.4. The number of ether oxygens (including phenoxy) is 3. The molecule has 6 nitrogen and oxygen atoms in total. The Hall–Kier alpha value is -2.25. The van der Waals surface area contributed by atoms with Gasteiger partial charge in [-0.25, -0.2) is 14.0 Å². The van der Waals surface area contributed by atoms with Crippen LogP contribution in [0.4, 0.5) is 36.4 Å². The summed E-state index contributed by atoms with van der Waals surface area (Å²) in [5.41, 5.74) is -9.20. The maximum Gasteiger partial charge on any atom is 0.435 e. The molecule has 178 valence electrons. The maximum atomic E-state index is 14.4. The van der Waals surface area contributed by atoms with E-state index in [1.807, 2.05) is 0 Å². The second-order valence-electron chi connectivity index (χ2n) is 6.16. The Bertz CT molecular complexity index is 925. The fourth-order valence-corrected chi connectivity index (χ4v) is 3.52. The number of halogens is 9. The number of methoxy groups -OCH3 is 2. The highest BCUT2D eigenvalue weighted by Gasteiger charge is 2.73. The first-order valence-electron chi connectivity index (χ1n) is 8.18. The molecule has 0 radical (unpaired) electrons. The van der Waals surface area contributed by atoms with Crippen LogP contribution in [0.1, 0.15) is 5.56 Å². The zero-order valence-electron chi connectivity index (χ0n) is 16.0. The quantitative estimate of drug-likeness (QED) is 0.430. The van der Waals surface area contributed by atoms with Crippen molar-refractivity contribution >= 4 is 40.8 Å². The van der Waals surface area contributed by atoms with E-state index in [-0.39, 0.29) is 12.1 Å². The molecule has 32 heavy (non-hydrogen) atoms. The first kappa shape index (κ1) is 26.0. The van der Waals surface area contributed by atoms with Gasteiger partial charge in [-0.2, -0.15) is 26.3 Å². The van der Waals surface area contributed by atoms with Crippen LogP contribution in [0.15, 0.2) is 23.4 Å². The Kier molecular flexibility index (Phi) is 7.27. The summed E-state index contributed by atoms with van der Waals surface area (Å²) < 4.78 is 107. The van der Waals surface area contributed by atoms with E-state index in [0.717, 1.165) is 19.1 Å². The van der Waals surface area contributed by atoms with Gasteiger partial charge in [-0.15, -0.1) is 0 Å². The lowest BCUT2D eigenvalue weighted by atomic mass is 9.93. The number of benzene rings is 1. The van der Waals surface area contributed by atoms with Crippen molar-refractivity contribution in [2.24, 2.45) is 0 Å². The SMILES string of the molecule is COC(=O)C1=C(C(=O)OC)N(c2c(Cl)cc(C(F)(C(F)(F)F)C(F)(F)F)cc2Cl)COC1. The van der Waals surface area contributed by atoms with Crippen molar-refractivity contribution in [3.8, 4) is 0 Å². The van der Waals surface area contributed by atoms with E-state index in [1.54, 1.807) is 0 Å². The summed E-state index contributed by atoms with van der Waals surface area (Å²) in [6.07, 6.45) is -12.8. The summed E-state index contributed by atoms with van der Waals surface area (Å²) in [7, 11) is 1.92. The molecule has 0 aliphatic carbocycles. The molecule has 1 aromatic rings. The van der Waals surface area contributed by atoms with Crippen LogP contribution < -0.4 is 4.90 Å². The molecule has 0 saturated heterocycles. The van der Waals surface area contributed by atoms with Gasteiger partial charge in [0, 0.05) is 5.56 Å². The third-order valence-electron chi connectivity index (χ3n) is 4.30. The van der Waals surface area contributed by atoms with Crippen molar-refractivity contribution in [2.75, 3.05) is 32.5 Å². The van der Waals surface area contributed by atoms with Gasteiger partial charge < -0.3 is 19.1 Å². The standard InChI is InChI=1S/C17H12Cl2F7NO5/c1-30-13(28)8-5-32-6-27(11(8)14(29)31-2)12-9(18)3-7(4-10(12)19)15(20,16(21,22)23)17(24,25)26/h3-4H,5-6H2,1-2H3. The minimum atomic E-state index is -6.40. The van der Waals surface area contributed by atoms with Crippen molar-refractivity contribution in [1.82, 2.24) is 0 Å². The first-order valence-corrected chi connectivity index (χ1v) is 8.94. The minimum Gasteiger partial charge on any atom is -0.466 e. The Morgan fingerprint density at radius 3 is 1.81 bits per heavy atom. The van der Waals surface area contributed by atoms with E-state index < -0.39 is 75.9 Å². The lowest BCUT2D eigenvalue weighted by molar-refractivity contribution is -0.348. The third-order valence-corrected chi connectivity index (χ3v) is 4.88. The third kappa shape index (κ3) is 4.33. The lowest BCUT2D eigenvalue weighted by Gasteiger charge is -2.34. The predicted molar refractivity (Wildman–Crippen MR) is 95.7 cm³/mol. The van der Waals surface area contributed by atoms with Crippen molar-refractivity contribution in [1.29, 1.82) is 0 Å². The van der Waals surface area contributed by atoms with E-state index in [4.69, 9.17) is 27.9 Å². The molecule has 1 aliphatic rings. The van der Waals surface area contributed by atoms with Crippen LogP contribution in [0.3, 0.4) is 0 Å². The Balaban J connectivity index is 2.76. The van der Waals surface area contributed by atoms with Crippen LogP contribution in [0.5, 0.6) is 0 Å². The number of alkyl halides is 7. The largest absolute Gasteiger partial charge is 0.466 e. The molecule has 15 heteroatoms. The van der Waals surface area contributed by atoms with Crippen molar-refractivity contribution in [3.05, 3.63) is 39.0 Å². The van der Waals surface area contributed by atoms with Crippen molar-refractivity contribution in [3.63, 3.8) is 0 Å².